The third-order valence-electron chi connectivity index (χ3n) is 3.02. The minimum atomic E-state index is -0.159. The van der Waals surface area contributed by atoms with Gasteiger partial charge in [0.2, 0.25) is 0 Å². The van der Waals surface area contributed by atoms with Crippen molar-refractivity contribution in [1.82, 2.24) is 0 Å². The molecule has 0 fully saturated rings. The number of benzene rings is 2. The SMILES string of the molecule is Cc1cc(C(=O)Nc2ccc(C#N)cc2C)ccc1Br. The Bertz CT molecular complexity index is 717. The van der Waals surface area contributed by atoms with Crippen LogP contribution < -0.4 is 5.32 Å². The van der Waals surface area contributed by atoms with Crippen LogP contribution in [0.5, 0.6) is 0 Å². The van der Waals surface area contributed by atoms with Gasteiger partial charge in [0.15, 0.2) is 0 Å². The Labute approximate surface area is 126 Å². The molecule has 0 spiro atoms. The lowest BCUT2D eigenvalue weighted by Crippen LogP contribution is -2.13. The van der Waals surface area contributed by atoms with Gasteiger partial charge in [0.1, 0.15) is 0 Å². The van der Waals surface area contributed by atoms with E-state index in [1.807, 2.05) is 26.0 Å². The van der Waals surface area contributed by atoms with Gasteiger partial charge in [0, 0.05) is 15.7 Å². The summed E-state index contributed by atoms with van der Waals surface area (Å²) in [5.74, 6) is -0.159. The van der Waals surface area contributed by atoms with Crippen molar-refractivity contribution in [3.63, 3.8) is 0 Å². The number of amides is 1. The maximum absolute atomic E-state index is 12.2. The Balaban J connectivity index is 2.23. The van der Waals surface area contributed by atoms with Crippen LogP contribution in [0.1, 0.15) is 27.0 Å². The zero-order valence-electron chi connectivity index (χ0n) is 11.2. The molecule has 0 bridgehead atoms. The maximum Gasteiger partial charge on any atom is 0.255 e. The summed E-state index contributed by atoms with van der Waals surface area (Å²) in [7, 11) is 0. The molecule has 0 heterocycles. The first-order valence-electron chi connectivity index (χ1n) is 6.09. The molecule has 0 atom stereocenters. The molecule has 0 saturated heterocycles. The molecular weight excluding hydrogens is 316 g/mol. The molecule has 20 heavy (non-hydrogen) atoms. The van der Waals surface area contributed by atoms with Gasteiger partial charge in [0.05, 0.1) is 11.6 Å². The number of hydrogen-bond donors (Lipinski definition) is 1. The lowest BCUT2D eigenvalue weighted by atomic mass is 10.1. The number of nitrogens with one attached hydrogen (secondary N) is 1. The number of hydrogen-bond acceptors (Lipinski definition) is 2. The van der Waals surface area contributed by atoms with Crippen LogP contribution in [0.4, 0.5) is 5.69 Å². The number of halogens is 1. The average molecular weight is 329 g/mol. The average Bonchev–Trinajstić information content (AvgIpc) is 2.43. The molecule has 0 aliphatic rings. The van der Waals surface area contributed by atoms with Crippen LogP contribution in [0.15, 0.2) is 40.9 Å². The number of anilines is 1. The van der Waals surface area contributed by atoms with Crippen LogP contribution in [0, 0.1) is 25.2 Å². The van der Waals surface area contributed by atoms with E-state index >= 15 is 0 Å². The lowest BCUT2D eigenvalue weighted by Gasteiger charge is -2.09. The number of carbonyl (C=O) groups is 1. The quantitative estimate of drug-likeness (QED) is 0.898. The van der Waals surface area contributed by atoms with Crippen molar-refractivity contribution < 1.29 is 4.79 Å². The predicted octanol–water partition coefficient (Wildman–Crippen LogP) is 4.19. The van der Waals surface area contributed by atoms with E-state index in [0.717, 1.165) is 21.3 Å². The minimum Gasteiger partial charge on any atom is -0.322 e. The van der Waals surface area contributed by atoms with Crippen LogP contribution >= 0.6 is 15.9 Å². The van der Waals surface area contributed by atoms with Crippen molar-refractivity contribution in [2.45, 2.75) is 13.8 Å². The molecular formula is C16H13BrN2O. The third kappa shape index (κ3) is 3.06. The van der Waals surface area contributed by atoms with E-state index in [1.165, 1.54) is 0 Å². The van der Waals surface area contributed by atoms with E-state index in [-0.39, 0.29) is 5.91 Å². The Morgan fingerprint density at radius 1 is 1.15 bits per heavy atom. The van der Waals surface area contributed by atoms with Crippen molar-refractivity contribution in [3.05, 3.63) is 63.1 Å². The molecule has 0 radical (unpaired) electrons. The summed E-state index contributed by atoms with van der Waals surface area (Å²) in [5, 5.41) is 11.7. The van der Waals surface area contributed by atoms with E-state index in [9.17, 15) is 4.79 Å². The second-order valence-corrected chi connectivity index (χ2v) is 5.41. The number of aryl methyl sites for hydroxylation is 2. The molecule has 1 N–H and O–H groups in total. The highest BCUT2D eigenvalue weighted by atomic mass is 79.9. The molecule has 4 heteroatoms. The van der Waals surface area contributed by atoms with E-state index in [4.69, 9.17) is 5.26 Å². The zero-order valence-corrected chi connectivity index (χ0v) is 12.8. The molecule has 100 valence electrons. The van der Waals surface area contributed by atoms with Crippen molar-refractivity contribution in [3.8, 4) is 6.07 Å². The molecule has 0 saturated carbocycles. The summed E-state index contributed by atoms with van der Waals surface area (Å²) in [4.78, 5) is 12.2. The predicted molar refractivity (Wildman–Crippen MR) is 82.7 cm³/mol. The fourth-order valence-electron chi connectivity index (χ4n) is 1.85. The Kier molecular flexibility index (Phi) is 4.21. The molecule has 1 amide bonds. The van der Waals surface area contributed by atoms with Gasteiger partial charge in [-0.2, -0.15) is 5.26 Å². The summed E-state index contributed by atoms with van der Waals surface area (Å²) in [5.41, 5.74) is 3.78. The van der Waals surface area contributed by atoms with Crippen molar-refractivity contribution in [2.75, 3.05) is 5.32 Å². The molecule has 2 aromatic carbocycles. The highest BCUT2D eigenvalue weighted by Gasteiger charge is 2.09. The highest BCUT2D eigenvalue weighted by molar-refractivity contribution is 9.10. The second-order valence-electron chi connectivity index (χ2n) is 4.56. The zero-order chi connectivity index (χ0) is 14.7. The van der Waals surface area contributed by atoms with Crippen molar-refractivity contribution >= 4 is 27.5 Å². The topological polar surface area (TPSA) is 52.9 Å². The van der Waals surface area contributed by atoms with Crippen LogP contribution in [-0.4, -0.2) is 5.91 Å². The van der Waals surface area contributed by atoms with Crippen LogP contribution in [0.25, 0.3) is 0 Å². The van der Waals surface area contributed by atoms with Crippen molar-refractivity contribution in [1.29, 1.82) is 5.26 Å². The first-order chi connectivity index (χ1) is 9.51. The molecule has 2 rings (SSSR count). The second kappa shape index (κ2) is 5.89. The van der Waals surface area contributed by atoms with E-state index < -0.39 is 0 Å². The largest absolute Gasteiger partial charge is 0.322 e. The number of nitrogens with zero attached hydrogens (tertiary/aromatic N) is 1. The van der Waals surface area contributed by atoms with Gasteiger partial charge in [0.25, 0.3) is 5.91 Å². The molecule has 0 aliphatic heterocycles. The van der Waals surface area contributed by atoms with E-state index in [0.29, 0.717) is 11.1 Å². The normalized spacial score (nSPS) is 9.90. The fourth-order valence-corrected chi connectivity index (χ4v) is 2.10. The molecule has 0 unspecified atom stereocenters. The smallest absolute Gasteiger partial charge is 0.255 e. The van der Waals surface area contributed by atoms with Gasteiger partial charge in [-0.15, -0.1) is 0 Å². The summed E-state index contributed by atoms with van der Waals surface area (Å²) >= 11 is 3.41. The summed E-state index contributed by atoms with van der Waals surface area (Å²) < 4.78 is 0.976. The Morgan fingerprint density at radius 2 is 1.90 bits per heavy atom. The van der Waals surface area contributed by atoms with Gasteiger partial charge in [-0.25, -0.2) is 0 Å². The summed E-state index contributed by atoms with van der Waals surface area (Å²) in [6.07, 6.45) is 0. The van der Waals surface area contributed by atoms with E-state index in [2.05, 4.69) is 27.3 Å². The Morgan fingerprint density at radius 3 is 2.50 bits per heavy atom. The van der Waals surface area contributed by atoms with Gasteiger partial charge < -0.3 is 5.32 Å². The molecule has 0 aromatic heterocycles. The van der Waals surface area contributed by atoms with Gasteiger partial charge in [-0.3, -0.25) is 4.79 Å². The van der Waals surface area contributed by atoms with Crippen LogP contribution in [0.3, 0.4) is 0 Å². The summed E-state index contributed by atoms with van der Waals surface area (Å²) in [6.45, 7) is 3.80. The maximum atomic E-state index is 12.2. The number of nitriles is 1. The van der Waals surface area contributed by atoms with Gasteiger partial charge in [-0.05, 0) is 61.4 Å². The van der Waals surface area contributed by atoms with Crippen LogP contribution in [-0.2, 0) is 0 Å². The first-order valence-corrected chi connectivity index (χ1v) is 6.89. The molecule has 0 aliphatic carbocycles. The third-order valence-corrected chi connectivity index (χ3v) is 3.91. The molecule has 2 aromatic rings. The van der Waals surface area contributed by atoms with Crippen LogP contribution in [0.2, 0.25) is 0 Å². The van der Waals surface area contributed by atoms with Crippen molar-refractivity contribution in [2.24, 2.45) is 0 Å². The van der Waals surface area contributed by atoms with E-state index in [1.54, 1.807) is 24.3 Å². The first kappa shape index (κ1) is 14.3. The Hall–Kier alpha value is -2.12. The minimum absolute atomic E-state index is 0.159. The van der Waals surface area contributed by atoms with Gasteiger partial charge in [-0.1, -0.05) is 15.9 Å². The summed E-state index contributed by atoms with van der Waals surface area (Å²) in [6, 6.07) is 12.7. The lowest BCUT2D eigenvalue weighted by molar-refractivity contribution is 0.102. The highest BCUT2D eigenvalue weighted by Crippen LogP contribution is 2.20. The number of rotatable bonds is 2. The fraction of sp³-hybridized carbons (Fsp3) is 0.125. The number of carbonyl (C=O) groups excluding carboxylic acids is 1. The molecule has 3 nitrogen and oxygen atoms in total. The van der Waals surface area contributed by atoms with Gasteiger partial charge >= 0.3 is 0 Å². The monoisotopic (exact) mass is 328 g/mol. The standard InChI is InChI=1S/C16H13BrN2O/c1-10-8-13(4-5-14(10)17)16(20)19-15-6-3-12(9-18)7-11(15)2/h3-8H,1-2H3,(H,19,20).